The van der Waals surface area contributed by atoms with Gasteiger partial charge in [-0.05, 0) is 13.0 Å². The summed E-state index contributed by atoms with van der Waals surface area (Å²) in [6, 6.07) is 3.69. The van der Waals surface area contributed by atoms with Gasteiger partial charge in [0.25, 0.3) is 5.56 Å². The molecule has 1 aliphatic rings. The van der Waals surface area contributed by atoms with E-state index in [0.717, 1.165) is 6.54 Å². The Balaban J connectivity index is 1.98. The van der Waals surface area contributed by atoms with Gasteiger partial charge in [-0.3, -0.25) is 9.69 Å². The molecule has 0 radical (unpaired) electrons. The predicted molar refractivity (Wildman–Crippen MR) is 86.2 cm³/mol. The highest BCUT2D eigenvalue weighted by Gasteiger charge is 2.20. The van der Waals surface area contributed by atoms with Crippen molar-refractivity contribution in [3.8, 4) is 11.5 Å². The molecule has 7 heteroatoms. The van der Waals surface area contributed by atoms with Gasteiger partial charge in [0, 0.05) is 18.7 Å². The lowest BCUT2D eigenvalue weighted by Crippen LogP contribution is -2.43. The van der Waals surface area contributed by atoms with E-state index in [9.17, 15) is 4.79 Å². The lowest BCUT2D eigenvalue weighted by Gasteiger charge is -2.32. The summed E-state index contributed by atoms with van der Waals surface area (Å²) < 4.78 is 16.0. The normalized spacial score (nSPS) is 19.0. The van der Waals surface area contributed by atoms with Gasteiger partial charge < -0.3 is 19.2 Å². The van der Waals surface area contributed by atoms with Crippen molar-refractivity contribution in [1.29, 1.82) is 0 Å². The molecule has 3 rings (SSSR count). The van der Waals surface area contributed by atoms with Gasteiger partial charge >= 0.3 is 0 Å². The molecular weight excluding hydrogens is 298 g/mol. The maximum atomic E-state index is 12.4. The summed E-state index contributed by atoms with van der Waals surface area (Å²) in [7, 11) is 3.10. The average molecular weight is 319 g/mol. The number of hydrogen-bond donors (Lipinski definition) is 1. The molecule has 1 aromatic carbocycles. The fourth-order valence-electron chi connectivity index (χ4n) is 2.78. The molecule has 2 heterocycles. The molecule has 1 aromatic heterocycles. The molecule has 0 spiro atoms. The van der Waals surface area contributed by atoms with E-state index in [1.807, 2.05) is 0 Å². The van der Waals surface area contributed by atoms with Crippen LogP contribution in [-0.2, 0) is 11.3 Å². The van der Waals surface area contributed by atoms with Gasteiger partial charge in [-0.2, -0.15) is 0 Å². The van der Waals surface area contributed by atoms with Gasteiger partial charge in [0.2, 0.25) is 0 Å². The second-order valence-electron chi connectivity index (χ2n) is 5.63. The molecule has 124 valence electrons. The minimum atomic E-state index is -0.174. The molecule has 7 nitrogen and oxygen atoms in total. The number of hydrogen-bond acceptors (Lipinski definition) is 6. The van der Waals surface area contributed by atoms with Crippen LogP contribution in [0, 0.1) is 0 Å². The van der Waals surface area contributed by atoms with E-state index in [2.05, 4.69) is 21.8 Å². The molecule has 1 aliphatic heterocycles. The van der Waals surface area contributed by atoms with Crippen LogP contribution >= 0.6 is 0 Å². The first-order chi connectivity index (χ1) is 11.1. The first kappa shape index (κ1) is 15.8. The molecule has 0 aliphatic carbocycles. The van der Waals surface area contributed by atoms with Crippen LogP contribution in [0.3, 0.4) is 0 Å². The van der Waals surface area contributed by atoms with Crippen molar-refractivity contribution in [2.24, 2.45) is 0 Å². The Morgan fingerprint density at radius 3 is 2.78 bits per heavy atom. The zero-order valence-electron chi connectivity index (χ0n) is 13.6. The molecule has 1 fully saturated rings. The summed E-state index contributed by atoms with van der Waals surface area (Å²) in [6.45, 7) is 4.92. The summed E-state index contributed by atoms with van der Waals surface area (Å²) in [6.07, 6.45) is 0. The Labute approximate surface area is 134 Å². The first-order valence-corrected chi connectivity index (χ1v) is 7.59. The first-order valence-electron chi connectivity index (χ1n) is 7.59. The Morgan fingerprint density at radius 2 is 2.09 bits per heavy atom. The number of fused-ring (bicyclic) bond motifs is 1. The van der Waals surface area contributed by atoms with E-state index in [0.29, 0.717) is 54.0 Å². The van der Waals surface area contributed by atoms with Crippen LogP contribution in [0.2, 0.25) is 0 Å². The lowest BCUT2D eigenvalue weighted by molar-refractivity contribution is -0.00547. The minimum absolute atomic E-state index is 0.174. The molecule has 0 saturated carbocycles. The summed E-state index contributed by atoms with van der Waals surface area (Å²) in [5.74, 6) is 1.72. The highest BCUT2D eigenvalue weighted by Crippen LogP contribution is 2.30. The van der Waals surface area contributed by atoms with Gasteiger partial charge in [0.1, 0.15) is 5.82 Å². The van der Waals surface area contributed by atoms with Gasteiger partial charge in [-0.15, -0.1) is 0 Å². The van der Waals surface area contributed by atoms with Crippen LogP contribution in [0.1, 0.15) is 12.7 Å². The molecule has 1 saturated heterocycles. The number of methoxy groups -OCH3 is 2. The molecule has 1 N–H and O–H groups in total. The summed E-state index contributed by atoms with van der Waals surface area (Å²) in [5, 5.41) is 0.487. The number of benzene rings is 1. The molecule has 23 heavy (non-hydrogen) atoms. The summed E-state index contributed by atoms with van der Waals surface area (Å²) in [4.78, 5) is 22.0. The van der Waals surface area contributed by atoms with Crippen LogP contribution in [0.5, 0.6) is 11.5 Å². The zero-order chi connectivity index (χ0) is 16.4. The molecular formula is C16H21N3O4. The standard InChI is InChI=1S/C16H21N3O4/c1-10-9-23-5-4-19(10)8-15-17-12-7-14(22-3)13(21-2)6-11(12)16(20)18-15/h6-7,10H,4-5,8-9H2,1-3H3,(H,17,18,20). The SMILES string of the molecule is COc1cc2nc(CN3CCOCC3C)[nH]c(=O)c2cc1OC. The predicted octanol–water partition coefficient (Wildman–Crippen LogP) is 1.16. The van der Waals surface area contributed by atoms with E-state index < -0.39 is 0 Å². The second kappa shape index (κ2) is 6.55. The van der Waals surface area contributed by atoms with E-state index in [-0.39, 0.29) is 5.56 Å². The lowest BCUT2D eigenvalue weighted by atomic mass is 10.2. The van der Waals surface area contributed by atoms with Gasteiger partial charge in [0.05, 0.1) is 44.9 Å². The number of nitrogens with one attached hydrogen (secondary N) is 1. The van der Waals surface area contributed by atoms with Crippen LogP contribution < -0.4 is 15.0 Å². The number of nitrogens with zero attached hydrogens (tertiary/aromatic N) is 2. The quantitative estimate of drug-likeness (QED) is 0.911. The smallest absolute Gasteiger partial charge is 0.258 e. The molecule has 0 amide bonds. The van der Waals surface area contributed by atoms with Gasteiger partial charge in [0.15, 0.2) is 11.5 Å². The van der Waals surface area contributed by atoms with E-state index >= 15 is 0 Å². The van der Waals surface area contributed by atoms with Crippen molar-refractivity contribution >= 4 is 10.9 Å². The van der Waals surface area contributed by atoms with Gasteiger partial charge in [-0.1, -0.05) is 0 Å². The second-order valence-corrected chi connectivity index (χ2v) is 5.63. The third-order valence-corrected chi connectivity index (χ3v) is 4.12. The molecule has 1 unspecified atom stereocenters. The Kier molecular flexibility index (Phi) is 4.49. The average Bonchev–Trinajstić information content (AvgIpc) is 2.56. The maximum absolute atomic E-state index is 12.4. The number of aromatic amines is 1. The van der Waals surface area contributed by atoms with E-state index in [4.69, 9.17) is 14.2 Å². The van der Waals surface area contributed by atoms with Crippen molar-refractivity contribution in [1.82, 2.24) is 14.9 Å². The Bertz CT molecular complexity index is 759. The van der Waals surface area contributed by atoms with Crippen LogP contribution in [0.4, 0.5) is 0 Å². The molecule has 1 atom stereocenters. The minimum Gasteiger partial charge on any atom is -0.493 e. The topological polar surface area (TPSA) is 76.7 Å². The maximum Gasteiger partial charge on any atom is 0.258 e. The summed E-state index contributed by atoms with van der Waals surface area (Å²) >= 11 is 0. The molecule has 2 aromatic rings. The fraction of sp³-hybridized carbons (Fsp3) is 0.500. The number of H-pyrrole nitrogens is 1. The number of morpholine rings is 1. The number of rotatable bonds is 4. The zero-order valence-corrected chi connectivity index (χ0v) is 13.6. The van der Waals surface area contributed by atoms with Crippen LogP contribution in [-0.4, -0.2) is 54.9 Å². The van der Waals surface area contributed by atoms with Crippen molar-refractivity contribution in [3.05, 3.63) is 28.3 Å². The van der Waals surface area contributed by atoms with Crippen molar-refractivity contribution in [3.63, 3.8) is 0 Å². The highest BCUT2D eigenvalue weighted by molar-refractivity contribution is 5.81. The Hall–Kier alpha value is -2.12. The Morgan fingerprint density at radius 1 is 1.35 bits per heavy atom. The monoisotopic (exact) mass is 319 g/mol. The van der Waals surface area contributed by atoms with Crippen LogP contribution in [0.15, 0.2) is 16.9 Å². The fourth-order valence-corrected chi connectivity index (χ4v) is 2.78. The number of aromatic nitrogens is 2. The third kappa shape index (κ3) is 3.16. The van der Waals surface area contributed by atoms with Crippen molar-refractivity contribution in [2.75, 3.05) is 34.0 Å². The van der Waals surface area contributed by atoms with E-state index in [1.165, 1.54) is 0 Å². The third-order valence-electron chi connectivity index (χ3n) is 4.12. The number of ether oxygens (including phenoxy) is 3. The van der Waals surface area contributed by atoms with Crippen molar-refractivity contribution < 1.29 is 14.2 Å². The van der Waals surface area contributed by atoms with Gasteiger partial charge in [-0.25, -0.2) is 4.98 Å². The summed E-state index contributed by atoms with van der Waals surface area (Å²) in [5.41, 5.74) is 0.425. The highest BCUT2D eigenvalue weighted by atomic mass is 16.5. The largest absolute Gasteiger partial charge is 0.493 e. The van der Waals surface area contributed by atoms with Crippen molar-refractivity contribution in [2.45, 2.75) is 19.5 Å². The van der Waals surface area contributed by atoms with E-state index in [1.54, 1.807) is 26.4 Å². The van der Waals surface area contributed by atoms with Crippen LogP contribution in [0.25, 0.3) is 10.9 Å². The molecule has 0 bridgehead atoms.